The third kappa shape index (κ3) is 20.7. The second-order valence-corrected chi connectivity index (χ2v) is 17.8. The Balaban J connectivity index is 1.92. The van der Waals surface area contributed by atoms with Gasteiger partial charge in [0.1, 0.15) is 53.8 Å². The number of aliphatic hydroxyl groups excluding tert-OH is 4. The molecule has 3 aromatic rings. The van der Waals surface area contributed by atoms with Gasteiger partial charge in [0, 0.05) is 37.6 Å². The fraction of sp³-hybridized carbons (Fsp3) is 0.447. The number of hydrogen-bond acceptors (Lipinski definition) is 19. The zero-order valence-electron chi connectivity index (χ0n) is 42.1. The van der Waals surface area contributed by atoms with Crippen LogP contribution >= 0.6 is 0 Å². The molecule has 78 heavy (non-hydrogen) atoms. The van der Waals surface area contributed by atoms with E-state index in [0.29, 0.717) is 11.3 Å². The van der Waals surface area contributed by atoms with Gasteiger partial charge in [-0.2, -0.15) is 0 Å². The minimum Gasteiger partial charge on any atom is -0.508 e. The molecule has 0 aliphatic rings. The number of primary amides is 2. The Morgan fingerprint density at radius 2 is 0.910 bits per heavy atom. The minimum atomic E-state index is -2.02. The lowest BCUT2D eigenvalue weighted by Gasteiger charge is -2.28. The lowest BCUT2D eigenvalue weighted by molar-refractivity contribution is -0.145. The highest BCUT2D eigenvalue weighted by molar-refractivity contribution is 5.99. The third-order valence-corrected chi connectivity index (χ3v) is 11.4. The molecule has 0 bridgehead atoms. The maximum absolute atomic E-state index is 14.2. The highest BCUT2D eigenvalue weighted by atomic mass is 16.4. The first-order valence-electron chi connectivity index (χ1n) is 23.8. The molecule has 22 N–H and O–H groups in total. The molecule has 0 unspecified atom stereocenters. The molecule has 31 nitrogen and oxygen atoms in total. The molecule has 0 fully saturated rings. The largest absolute Gasteiger partial charge is 0.508 e. The molecule has 0 saturated carbocycles. The van der Waals surface area contributed by atoms with Crippen LogP contribution in [0.1, 0.15) is 49.9 Å². The maximum Gasteiger partial charge on any atom is 0.328 e. The van der Waals surface area contributed by atoms with E-state index in [1.54, 1.807) is 0 Å². The number of aliphatic hydroxyl groups is 4. The predicted octanol–water partition coefficient (Wildman–Crippen LogP) is -7.97. The number of carbonyl (C=O) groups excluding carboxylic acids is 10. The monoisotopic (exact) mass is 1100 g/mol. The number of amides is 10. The quantitative estimate of drug-likeness (QED) is 0.0276. The van der Waals surface area contributed by atoms with Crippen LogP contribution in [0.2, 0.25) is 0 Å². The molecule has 426 valence electrons. The van der Waals surface area contributed by atoms with Crippen LogP contribution in [0.4, 0.5) is 0 Å². The first-order valence-corrected chi connectivity index (χ1v) is 23.8. The first-order chi connectivity index (χ1) is 36.7. The molecule has 0 aliphatic heterocycles. The summed E-state index contributed by atoms with van der Waals surface area (Å²) in [6.07, 6.45) is -3.25. The number of benzene rings is 2. The van der Waals surface area contributed by atoms with Crippen molar-refractivity contribution in [2.24, 2.45) is 17.2 Å². The summed E-state index contributed by atoms with van der Waals surface area (Å²) in [4.78, 5) is 151. The molecular formula is C47H65N13O18. The van der Waals surface area contributed by atoms with Crippen LogP contribution in [0.15, 0.2) is 61.1 Å². The summed E-state index contributed by atoms with van der Waals surface area (Å²) in [7, 11) is 0. The van der Waals surface area contributed by atoms with E-state index < -0.39 is 158 Å². The fourth-order valence-electron chi connectivity index (χ4n) is 7.14. The number of carboxylic acid groups (broad SMARTS) is 1. The van der Waals surface area contributed by atoms with Crippen molar-refractivity contribution in [3.05, 3.63) is 77.9 Å². The standard InChI is InChI=1S/C47H65N13O18/c1-21(63)37(46(76)56-30(14-24-5-9-27(66)10-6-24)41(71)57-33(18-61)44(74)58-34(19-62)45(75)60-38(22(2)64)47(77)78)59-43(73)32(16-36(50)68)55-40(70)29(13-23-3-7-26(65)8-4-23)54-42(72)31(15-25-17-51-20-52-25)53-39(69)28(48)11-12-35(49)67/h3-10,17,20-22,28-34,37-38,61-66H,11-16,18-19,48H2,1-2H3,(H2,49,67)(H2,50,68)(H,51,52)(H,53,69)(H,54,72)(H,55,70)(H,56,76)(H,57,71)(H,58,74)(H,59,73)(H,60,75)(H,77,78)/t21-,22-,28+,29+,30+,31+,32+,33+,34+,37+,38+/m1/s1. The SMILES string of the molecule is C[C@@H](O)[C@H](NC(=O)[C@H](CO)NC(=O)[C@H](CO)NC(=O)[C@H](Cc1ccc(O)cc1)NC(=O)[C@@H](NC(=O)[C@H](CC(N)=O)NC(=O)[C@H](Cc1ccc(O)cc1)NC(=O)[C@H](Cc1cnc[nH]1)NC(=O)[C@@H](N)CCC(N)=O)[C@@H](C)O)C(=O)O. The second-order valence-electron chi connectivity index (χ2n) is 17.8. The Hall–Kier alpha value is -8.78. The summed E-state index contributed by atoms with van der Waals surface area (Å²) in [5, 5.41) is 87.4. The van der Waals surface area contributed by atoms with E-state index in [1.807, 2.05) is 10.6 Å². The van der Waals surface area contributed by atoms with E-state index in [-0.39, 0.29) is 42.7 Å². The van der Waals surface area contributed by atoms with E-state index in [2.05, 4.69) is 41.9 Å². The van der Waals surface area contributed by atoms with Crippen LogP contribution in [-0.4, -0.2) is 191 Å². The van der Waals surface area contributed by atoms with Gasteiger partial charge in [0.15, 0.2) is 6.04 Å². The number of carboxylic acids is 1. The number of phenols is 2. The zero-order valence-corrected chi connectivity index (χ0v) is 42.1. The van der Waals surface area contributed by atoms with Crippen LogP contribution in [0.25, 0.3) is 0 Å². The second kappa shape index (κ2) is 30.7. The van der Waals surface area contributed by atoms with Gasteiger partial charge in [-0.3, -0.25) is 47.9 Å². The summed E-state index contributed by atoms with van der Waals surface area (Å²) in [6.45, 7) is -0.218. The number of nitrogens with two attached hydrogens (primary N) is 3. The van der Waals surface area contributed by atoms with Crippen molar-refractivity contribution in [2.45, 2.75) is 119 Å². The Labute approximate surface area is 443 Å². The van der Waals surface area contributed by atoms with Crippen LogP contribution in [0.5, 0.6) is 11.5 Å². The zero-order chi connectivity index (χ0) is 58.4. The Bertz CT molecular complexity index is 2570. The van der Waals surface area contributed by atoms with Gasteiger partial charge in [0.2, 0.25) is 59.1 Å². The van der Waals surface area contributed by atoms with Gasteiger partial charge in [-0.25, -0.2) is 9.78 Å². The summed E-state index contributed by atoms with van der Waals surface area (Å²) < 4.78 is 0. The van der Waals surface area contributed by atoms with Crippen LogP contribution < -0.4 is 59.7 Å². The summed E-state index contributed by atoms with van der Waals surface area (Å²) in [5.41, 5.74) is 17.5. The van der Waals surface area contributed by atoms with Crippen LogP contribution in [-0.2, 0) is 72.0 Å². The highest BCUT2D eigenvalue weighted by Crippen LogP contribution is 2.15. The van der Waals surface area contributed by atoms with Crippen LogP contribution in [0, 0.1) is 0 Å². The Morgan fingerprint density at radius 1 is 0.526 bits per heavy atom. The number of aromatic hydroxyl groups is 2. The average Bonchev–Trinajstić information content (AvgIpc) is 3.90. The lowest BCUT2D eigenvalue weighted by Crippen LogP contribution is -2.63. The number of aliphatic carboxylic acids is 1. The average molecular weight is 1100 g/mol. The molecule has 3 rings (SSSR count). The van der Waals surface area contributed by atoms with Crippen LogP contribution in [0.3, 0.4) is 0 Å². The number of carbonyl (C=O) groups is 11. The molecular weight excluding hydrogens is 1030 g/mol. The van der Waals surface area contributed by atoms with Crippen molar-refractivity contribution >= 4 is 65.0 Å². The van der Waals surface area contributed by atoms with Gasteiger partial charge in [0.25, 0.3) is 0 Å². The number of hydrogen-bond donors (Lipinski definition) is 19. The summed E-state index contributed by atoms with van der Waals surface area (Å²) >= 11 is 0. The van der Waals surface area contributed by atoms with Crippen molar-refractivity contribution in [3.8, 4) is 11.5 Å². The van der Waals surface area contributed by atoms with Gasteiger partial charge in [-0.15, -0.1) is 0 Å². The summed E-state index contributed by atoms with van der Waals surface area (Å²) in [6, 6.07) is -5.41. The van der Waals surface area contributed by atoms with Gasteiger partial charge in [-0.1, -0.05) is 24.3 Å². The van der Waals surface area contributed by atoms with E-state index in [0.717, 1.165) is 13.8 Å². The predicted molar refractivity (Wildman–Crippen MR) is 267 cm³/mol. The van der Waals surface area contributed by atoms with E-state index in [4.69, 9.17) is 17.2 Å². The van der Waals surface area contributed by atoms with Crippen molar-refractivity contribution in [1.29, 1.82) is 0 Å². The molecule has 0 spiro atoms. The number of aromatic amines is 1. The number of phenolic OH excluding ortho intramolecular Hbond substituents is 2. The topological polar surface area (TPSA) is 532 Å². The number of nitrogens with zero attached hydrogens (tertiary/aromatic N) is 1. The number of H-pyrrole nitrogens is 1. The number of nitrogens with one attached hydrogen (secondary N) is 9. The maximum atomic E-state index is 14.2. The molecule has 1 aromatic heterocycles. The van der Waals surface area contributed by atoms with Gasteiger partial charge >= 0.3 is 5.97 Å². The van der Waals surface area contributed by atoms with E-state index >= 15 is 0 Å². The molecule has 0 radical (unpaired) electrons. The minimum absolute atomic E-state index is 0.164. The lowest BCUT2D eigenvalue weighted by atomic mass is 10.0. The number of rotatable bonds is 32. The van der Waals surface area contributed by atoms with E-state index in [9.17, 15) is 88.5 Å². The molecule has 1 heterocycles. The number of imidazole rings is 1. The molecule has 11 atom stereocenters. The van der Waals surface area contributed by atoms with Gasteiger partial charge in [0.05, 0.1) is 44.2 Å². The van der Waals surface area contributed by atoms with Crippen molar-refractivity contribution in [1.82, 2.24) is 52.5 Å². The molecule has 10 amide bonds. The van der Waals surface area contributed by atoms with Gasteiger partial charge in [-0.05, 0) is 55.7 Å². The first kappa shape index (κ1) is 63.5. The highest BCUT2D eigenvalue weighted by Gasteiger charge is 2.37. The van der Waals surface area contributed by atoms with Crippen molar-refractivity contribution in [3.63, 3.8) is 0 Å². The Morgan fingerprint density at radius 3 is 1.32 bits per heavy atom. The van der Waals surface area contributed by atoms with E-state index in [1.165, 1.54) is 61.1 Å². The normalized spacial score (nSPS) is 15.3. The third-order valence-electron chi connectivity index (χ3n) is 11.4. The molecule has 0 saturated heterocycles. The molecule has 31 heteroatoms. The molecule has 0 aliphatic carbocycles. The number of aromatic nitrogens is 2. The summed E-state index contributed by atoms with van der Waals surface area (Å²) in [5.74, 6) is -13.4. The fourth-order valence-corrected chi connectivity index (χ4v) is 7.14. The smallest absolute Gasteiger partial charge is 0.328 e. The van der Waals surface area contributed by atoms with Crippen molar-refractivity contribution in [2.75, 3.05) is 13.2 Å². The van der Waals surface area contributed by atoms with Gasteiger partial charge < -0.3 is 100 Å². The van der Waals surface area contributed by atoms with Crippen molar-refractivity contribution < 1.29 is 88.5 Å². The Kier molecular flexibility index (Phi) is 25.0. The molecule has 2 aromatic carbocycles.